The second-order valence-electron chi connectivity index (χ2n) is 5.43. The highest BCUT2D eigenvalue weighted by Crippen LogP contribution is 2.35. The molecule has 0 aromatic heterocycles. The molecule has 1 aromatic rings. The summed E-state index contributed by atoms with van der Waals surface area (Å²) >= 11 is 5.67. The number of carbonyl (C=O) groups is 2. The highest BCUT2D eigenvalue weighted by molar-refractivity contribution is 6.35. The number of ether oxygens (including phenoxy) is 1. The topological polar surface area (TPSA) is 133 Å². The van der Waals surface area contributed by atoms with Crippen molar-refractivity contribution in [2.45, 2.75) is 12.8 Å². The molecule has 0 unspecified atom stereocenters. The number of piperidine rings is 1. The summed E-state index contributed by atoms with van der Waals surface area (Å²) in [4.78, 5) is 45.7. The minimum Gasteiger partial charge on any atom is -0.469 e. The summed E-state index contributed by atoms with van der Waals surface area (Å²) < 4.78 is 4.66. The average Bonchev–Trinajstić information content (AvgIpc) is 2.60. The number of nitrogens with zero attached hydrogens (tertiary/aromatic N) is 3. The molecule has 0 bridgehead atoms. The van der Waals surface area contributed by atoms with Crippen molar-refractivity contribution in [1.29, 1.82) is 0 Å². The Hall–Kier alpha value is -2.75. The van der Waals surface area contributed by atoms with Crippen molar-refractivity contribution in [2.75, 3.05) is 20.2 Å². The molecule has 0 saturated carbocycles. The third-order valence-corrected chi connectivity index (χ3v) is 4.38. The Morgan fingerprint density at radius 3 is 2.04 bits per heavy atom. The van der Waals surface area contributed by atoms with Crippen LogP contribution in [0.3, 0.4) is 0 Å². The van der Waals surface area contributed by atoms with E-state index in [-0.39, 0.29) is 30.5 Å². The lowest BCUT2D eigenvalue weighted by Gasteiger charge is -2.30. The van der Waals surface area contributed by atoms with Gasteiger partial charge in [-0.25, -0.2) is 0 Å². The summed E-state index contributed by atoms with van der Waals surface area (Å²) in [5.74, 6) is -1.26. The summed E-state index contributed by atoms with van der Waals surface area (Å²) in [6.45, 7) is 0.478. The third-order valence-electron chi connectivity index (χ3n) is 3.99. The molecule has 1 aromatic carbocycles. The van der Waals surface area contributed by atoms with E-state index < -0.39 is 32.2 Å². The lowest BCUT2D eigenvalue weighted by Crippen LogP contribution is -2.40. The normalized spacial score (nSPS) is 14.9. The van der Waals surface area contributed by atoms with Crippen molar-refractivity contribution in [1.82, 2.24) is 4.90 Å². The maximum atomic E-state index is 12.5. The first kappa shape index (κ1) is 18.6. The van der Waals surface area contributed by atoms with Crippen molar-refractivity contribution in [3.8, 4) is 0 Å². The highest BCUT2D eigenvalue weighted by Gasteiger charge is 2.32. The molecule has 10 nitrogen and oxygen atoms in total. The van der Waals surface area contributed by atoms with Crippen molar-refractivity contribution in [2.24, 2.45) is 5.92 Å². The van der Waals surface area contributed by atoms with Crippen LogP contribution in [0.4, 0.5) is 11.4 Å². The van der Waals surface area contributed by atoms with Gasteiger partial charge in [0, 0.05) is 25.2 Å². The number of rotatable bonds is 4. The molecule has 0 atom stereocenters. The maximum Gasteiger partial charge on any atom is 0.308 e. The fourth-order valence-electron chi connectivity index (χ4n) is 2.65. The first-order valence-corrected chi connectivity index (χ1v) is 7.63. The van der Waals surface area contributed by atoms with Crippen molar-refractivity contribution in [3.63, 3.8) is 0 Å². The molecule has 1 saturated heterocycles. The molecule has 0 spiro atoms. The number of hydrogen-bond donors (Lipinski definition) is 0. The lowest BCUT2D eigenvalue weighted by molar-refractivity contribution is -0.393. The summed E-state index contributed by atoms with van der Waals surface area (Å²) in [7, 11) is 1.28. The van der Waals surface area contributed by atoms with E-state index in [4.69, 9.17) is 11.6 Å². The van der Waals surface area contributed by atoms with Crippen LogP contribution in [0.15, 0.2) is 12.1 Å². The van der Waals surface area contributed by atoms with Crippen LogP contribution in [0.2, 0.25) is 5.02 Å². The SMILES string of the molecule is COC(=O)C1CCN(C(=O)c2cc([N+](=O)[O-])c(Cl)c([N+](=O)[O-])c2)CC1. The van der Waals surface area contributed by atoms with Crippen LogP contribution in [0, 0.1) is 26.1 Å². The summed E-state index contributed by atoms with van der Waals surface area (Å²) in [5.41, 5.74) is -1.60. The Kier molecular flexibility index (Phi) is 5.52. The molecular formula is C14H14ClN3O7. The van der Waals surface area contributed by atoms with Gasteiger partial charge in [0.1, 0.15) is 0 Å². The molecule has 2 rings (SSSR count). The fraction of sp³-hybridized carbons (Fsp3) is 0.429. The van der Waals surface area contributed by atoms with Gasteiger partial charge in [-0.15, -0.1) is 0 Å². The number of hydrogen-bond acceptors (Lipinski definition) is 7. The zero-order valence-electron chi connectivity index (χ0n) is 13.1. The molecule has 1 fully saturated rings. The summed E-state index contributed by atoms with van der Waals surface area (Å²) in [6, 6.07) is 1.84. The quantitative estimate of drug-likeness (QED) is 0.450. The van der Waals surface area contributed by atoms with Crippen LogP contribution in [0.5, 0.6) is 0 Å². The van der Waals surface area contributed by atoms with Gasteiger partial charge >= 0.3 is 5.97 Å². The molecule has 0 aliphatic carbocycles. The number of benzene rings is 1. The van der Waals surface area contributed by atoms with Crippen LogP contribution in [-0.4, -0.2) is 46.8 Å². The number of amides is 1. The molecule has 1 aliphatic heterocycles. The number of nitro benzene ring substituents is 2. The Balaban J connectivity index is 2.27. The van der Waals surface area contributed by atoms with Crippen molar-refractivity contribution in [3.05, 3.63) is 42.9 Å². The minimum absolute atomic E-state index is 0.195. The highest BCUT2D eigenvalue weighted by atomic mass is 35.5. The van der Waals surface area contributed by atoms with E-state index in [2.05, 4.69) is 4.74 Å². The number of likely N-dealkylation sites (tertiary alicyclic amines) is 1. The molecule has 11 heteroatoms. The lowest BCUT2D eigenvalue weighted by atomic mass is 9.96. The Morgan fingerprint density at radius 2 is 1.64 bits per heavy atom. The monoisotopic (exact) mass is 371 g/mol. The predicted molar refractivity (Wildman–Crippen MR) is 85.4 cm³/mol. The molecule has 1 amide bonds. The Bertz CT molecular complexity index is 709. The third kappa shape index (κ3) is 3.85. The van der Waals surface area contributed by atoms with Crippen LogP contribution < -0.4 is 0 Å². The smallest absolute Gasteiger partial charge is 0.308 e. The second kappa shape index (κ2) is 7.43. The number of carbonyl (C=O) groups excluding carboxylic acids is 2. The molecule has 0 radical (unpaired) electrons. The zero-order chi connectivity index (χ0) is 18.7. The Labute approximate surface area is 146 Å². The fourth-order valence-corrected chi connectivity index (χ4v) is 2.90. The second-order valence-corrected chi connectivity index (χ2v) is 5.81. The number of nitro groups is 2. The van der Waals surface area contributed by atoms with Gasteiger partial charge in [0.15, 0.2) is 5.02 Å². The van der Waals surface area contributed by atoms with Gasteiger partial charge in [-0.1, -0.05) is 11.6 Å². The van der Waals surface area contributed by atoms with Gasteiger partial charge in [-0.05, 0) is 12.8 Å². The number of esters is 1. The van der Waals surface area contributed by atoms with Crippen LogP contribution >= 0.6 is 11.6 Å². The number of halogens is 1. The first-order chi connectivity index (χ1) is 11.8. The molecule has 0 N–H and O–H groups in total. The summed E-state index contributed by atoms with van der Waals surface area (Å²) in [5, 5.41) is 21.4. The standard InChI is InChI=1S/C14H14ClN3O7/c1-25-14(20)8-2-4-16(5-3-8)13(19)9-6-10(17(21)22)12(15)11(7-9)18(23)24/h6-8H,2-5H2,1H3. The summed E-state index contributed by atoms with van der Waals surface area (Å²) in [6.07, 6.45) is 0.770. The minimum atomic E-state index is -0.879. The van der Waals surface area contributed by atoms with E-state index in [1.807, 2.05) is 0 Å². The van der Waals surface area contributed by atoms with E-state index in [1.165, 1.54) is 12.0 Å². The van der Waals surface area contributed by atoms with Gasteiger partial charge in [-0.2, -0.15) is 0 Å². The molecule has 1 heterocycles. The molecule has 25 heavy (non-hydrogen) atoms. The van der Waals surface area contributed by atoms with Crippen molar-refractivity contribution >= 4 is 34.9 Å². The maximum absolute atomic E-state index is 12.5. The number of methoxy groups -OCH3 is 1. The van der Waals surface area contributed by atoms with Gasteiger partial charge in [0.25, 0.3) is 17.3 Å². The molecular weight excluding hydrogens is 358 g/mol. The van der Waals surface area contributed by atoms with E-state index in [9.17, 15) is 29.8 Å². The predicted octanol–water partition coefficient (Wildman–Crippen LogP) is 2.18. The van der Waals surface area contributed by atoms with E-state index in [0.717, 1.165) is 12.1 Å². The van der Waals surface area contributed by atoms with Gasteiger partial charge < -0.3 is 9.64 Å². The van der Waals surface area contributed by atoms with E-state index in [0.29, 0.717) is 12.8 Å². The van der Waals surface area contributed by atoms with Gasteiger partial charge in [0.05, 0.1) is 28.4 Å². The zero-order valence-corrected chi connectivity index (χ0v) is 13.9. The van der Waals surface area contributed by atoms with Gasteiger partial charge in [-0.3, -0.25) is 29.8 Å². The van der Waals surface area contributed by atoms with Crippen LogP contribution in [-0.2, 0) is 9.53 Å². The van der Waals surface area contributed by atoms with Crippen molar-refractivity contribution < 1.29 is 24.2 Å². The van der Waals surface area contributed by atoms with Crippen LogP contribution in [0.25, 0.3) is 0 Å². The largest absolute Gasteiger partial charge is 0.469 e. The van der Waals surface area contributed by atoms with E-state index >= 15 is 0 Å². The van der Waals surface area contributed by atoms with Gasteiger partial charge in [0.2, 0.25) is 0 Å². The first-order valence-electron chi connectivity index (χ1n) is 7.25. The average molecular weight is 372 g/mol. The van der Waals surface area contributed by atoms with Crippen LogP contribution in [0.1, 0.15) is 23.2 Å². The Morgan fingerprint density at radius 1 is 1.16 bits per heavy atom. The molecule has 1 aliphatic rings. The van der Waals surface area contributed by atoms with E-state index in [1.54, 1.807) is 0 Å². The molecule has 134 valence electrons.